The molecular formula is C26H25Cl2N3O. The predicted molar refractivity (Wildman–Crippen MR) is 134 cm³/mol. The lowest BCUT2D eigenvalue weighted by Crippen LogP contribution is -2.45. The maximum atomic E-state index is 12.3. The molecule has 0 atom stereocenters. The van der Waals surface area contributed by atoms with Crippen molar-refractivity contribution in [1.29, 1.82) is 0 Å². The van der Waals surface area contributed by atoms with E-state index in [1.165, 1.54) is 17.3 Å². The third-order valence-corrected chi connectivity index (χ3v) is 6.06. The van der Waals surface area contributed by atoms with Crippen molar-refractivity contribution in [3.63, 3.8) is 0 Å². The van der Waals surface area contributed by atoms with Crippen LogP contribution >= 0.6 is 23.2 Å². The first kappa shape index (κ1) is 22.4. The molecule has 1 aliphatic heterocycles. The van der Waals surface area contributed by atoms with Crippen molar-refractivity contribution in [2.24, 2.45) is 0 Å². The molecule has 32 heavy (non-hydrogen) atoms. The molecule has 0 radical (unpaired) electrons. The van der Waals surface area contributed by atoms with Crippen LogP contribution in [0.1, 0.15) is 11.1 Å². The number of piperazine rings is 1. The molecule has 1 amide bonds. The van der Waals surface area contributed by atoms with E-state index in [9.17, 15) is 4.79 Å². The first-order chi connectivity index (χ1) is 15.6. The number of carbonyl (C=O) groups is 1. The van der Waals surface area contributed by atoms with Gasteiger partial charge in [-0.2, -0.15) is 0 Å². The van der Waals surface area contributed by atoms with Crippen molar-refractivity contribution < 1.29 is 4.79 Å². The van der Waals surface area contributed by atoms with Gasteiger partial charge in [-0.05, 0) is 53.6 Å². The van der Waals surface area contributed by atoms with Crippen LogP contribution in [0.4, 0.5) is 11.4 Å². The van der Waals surface area contributed by atoms with Gasteiger partial charge in [0.15, 0.2) is 0 Å². The predicted octanol–water partition coefficient (Wildman–Crippen LogP) is 5.97. The smallest absolute Gasteiger partial charge is 0.248 e. The zero-order chi connectivity index (χ0) is 22.3. The summed E-state index contributed by atoms with van der Waals surface area (Å²) in [6.07, 6.45) is 3.15. The minimum Gasteiger partial charge on any atom is -0.369 e. The monoisotopic (exact) mass is 465 g/mol. The molecule has 6 heteroatoms. The van der Waals surface area contributed by atoms with Gasteiger partial charge in [-0.25, -0.2) is 0 Å². The van der Waals surface area contributed by atoms with Crippen LogP contribution in [0.3, 0.4) is 0 Å². The van der Waals surface area contributed by atoms with Crippen molar-refractivity contribution in [1.82, 2.24) is 4.90 Å². The summed E-state index contributed by atoms with van der Waals surface area (Å²) in [5, 5.41) is 3.96. The number of anilines is 2. The Bertz CT molecular complexity index is 1080. The fraction of sp³-hybridized carbons (Fsp3) is 0.192. The molecule has 164 valence electrons. The molecule has 0 aromatic heterocycles. The quantitative estimate of drug-likeness (QED) is 0.455. The van der Waals surface area contributed by atoms with E-state index in [0.717, 1.165) is 44.0 Å². The molecule has 1 fully saturated rings. The Hall–Kier alpha value is -2.79. The molecule has 1 saturated heterocycles. The molecule has 0 unspecified atom stereocenters. The van der Waals surface area contributed by atoms with E-state index in [-0.39, 0.29) is 5.91 Å². The number of hydrogen-bond acceptors (Lipinski definition) is 3. The molecule has 1 aliphatic rings. The summed E-state index contributed by atoms with van der Waals surface area (Å²) in [4.78, 5) is 17.1. The molecular weight excluding hydrogens is 441 g/mol. The second-order valence-corrected chi connectivity index (χ2v) is 8.63. The van der Waals surface area contributed by atoms with E-state index in [0.29, 0.717) is 10.0 Å². The van der Waals surface area contributed by atoms with Gasteiger partial charge in [-0.3, -0.25) is 9.69 Å². The van der Waals surface area contributed by atoms with Crippen molar-refractivity contribution in [3.8, 4) is 0 Å². The summed E-state index contributed by atoms with van der Waals surface area (Å²) in [5.41, 5.74) is 4.03. The summed E-state index contributed by atoms with van der Waals surface area (Å²) in [5.74, 6) is -0.210. The number of rotatable bonds is 6. The van der Waals surface area contributed by atoms with Gasteiger partial charge in [0.1, 0.15) is 0 Å². The van der Waals surface area contributed by atoms with E-state index >= 15 is 0 Å². The van der Waals surface area contributed by atoms with Crippen LogP contribution in [0.15, 0.2) is 78.9 Å². The van der Waals surface area contributed by atoms with E-state index < -0.39 is 0 Å². The lowest BCUT2D eigenvalue weighted by atomic mass is 10.2. The van der Waals surface area contributed by atoms with Crippen LogP contribution in [-0.4, -0.2) is 37.0 Å². The minimum absolute atomic E-state index is 0.210. The molecule has 0 bridgehead atoms. The second-order valence-electron chi connectivity index (χ2n) is 7.78. The van der Waals surface area contributed by atoms with Crippen LogP contribution in [-0.2, 0) is 11.3 Å². The molecule has 0 aliphatic carbocycles. The first-order valence-corrected chi connectivity index (χ1v) is 11.4. The lowest BCUT2D eigenvalue weighted by Gasteiger charge is -2.36. The Morgan fingerprint density at radius 2 is 1.62 bits per heavy atom. The molecule has 3 aromatic carbocycles. The van der Waals surface area contributed by atoms with Crippen molar-refractivity contribution in [2.45, 2.75) is 6.54 Å². The molecule has 0 spiro atoms. The topological polar surface area (TPSA) is 35.6 Å². The van der Waals surface area contributed by atoms with Crippen molar-refractivity contribution in [2.75, 3.05) is 36.4 Å². The molecule has 0 saturated carbocycles. The number of hydrogen-bond donors (Lipinski definition) is 1. The Labute approximate surface area is 199 Å². The number of nitrogens with zero attached hydrogens (tertiary/aromatic N) is 2. The highest BCUT2D eigenvalue weighted by Crippen LogP contribution is 2.23. The first-order valence-electron chi connectivity index (χ1n) is 10.6. The number of carbonyl (C=O) groups excluding carboxylic acids is 1. The highest BCUT2D eigenvalue weighted by atomic mass is 35.5. The van der Waals surface area contributed by atoms with Crippen LogP contribution in [0, 0.1) is 0 Å². The van der Waals surface area contributed by atoms with Gasteiger partial charge in [0.25, 0.3) is 0 Å². The number of benzene rings is 3. The third-order valence-electron chi connectivity index (χ3n) is 5.50. The Morgan fingerprint density at radius 3 is 2.31 bits per heavy atom. The highest BCUT2D eigenvalue weighted by molar-refractivity contribution is 6.35. The molecule has 1 N–H and O–H groups in total. The van der Waals surface area contributed by atoms with Crippen LogP contribution in [0.5, 0.6) is 0 Å². The summed E-state index contributed by atoms with van der Waals surface area (Å²) >= 11 is 12.0. The van der Waals surface area contributed by atoms with Gasteiger partial charge >= 0.3 is 0 Å². The highest BCUT2D eigenvalue weighted by Gasteiger charge is 2.17. The van der Waals surface area contributed by atoms with E-state index in [1.807, 2.05) is 12.1 Å². The summed E-state index contributed by atoms with van der Waals surface area (Å²) < 4.78 is 0. The molecule has 3 aromatic rings. The Kier molecular flexibility index (Phi) is 7.48. The standard InChI is InChI=1S/C26H25Cl2N3O/c27-22-8-6-21(25(28)18-22)7-13-26(32)29-23-9-11-24(12-10-23)31-16-14-30(15-17-31)19-20-4-2-1-3-5-20/h1-13,18H,14-17,19H2,(H,29,32)/b13-7+. The van der Waals surface area contributed by atoms with Gasteiger partial charge in [0.05, 0.1) is 0 Å². The summed E-state index contributed by atoms with van der Waals surface area (Å²) in [6, 6.07) is 23.8. The maximum absolute atomic E-state index is 12.3. The van der Waals surface area contributed by atoms with Crippen LogP contribution in [0.2, 0.25) is 10.0 Å². The molecule has 4 nitrogen and oxygen atoms in total. The lowest BCUT2D eigenvalue weighted by molar-refractivity contribution is -0.111. The molecule has 4 rings (SSSR count). The Morgan fingerprint density at radius 1 is 0.906 bits per heavy atom. The average molecular weight is 466 g/mol. The number of nitrogens with one attached hydrogen (secondary N) is 1. The largest absolute Gasteiger partial charge is 0.369 e. The Balaban J connectivity index is 1.28. The normalized spacial score (nSPS) is 14.6. The fourth-order valence-electron chi connectivity index (χ4n) is 3.75. The maximum Gasteiger partial charge on any atom is 0.248 e. The SMILES string of the molecule is O=C(/C=C/c1ccc(Cl)cc1Cl)Nc1ccc(N2CCN(Cc3ccccc3)CC2)cc1. The van der Waals surface area contributed by atoms with Gasteiger partial charge < -0.3 is 10.2 Å². The van der Waals surface area contributed by atoms with E-state index in [4.69, 9.17) is 23.2 Å². The molecule has 1 heterocycles. The number of halogens is 2. The van der Waals surface area contributed by atoms with Gasteiger partial charge in [0, 0.05) is 60.2 Å². The minimum atomic E-state index is -0.210. The average Bonchev–Trinajstić information content (AvgIpc) is 2.80. The van der Waals surface area contributed by atoms with Crippen LogP contribution < -0.4 is 10.2 Å². The van der Waals surface area contributed by atoms with E-state index in [2.05, 4.69) is 57.6 Å². The zero-order valence-electron chi connectivity index (χ0n) is 17.7. The van der Waals surface area contributed by atoms with Gasteiger partial charge in [-0.15, -0.1) is 0 Å². The second kappa shape index (κ2) is 10.7. The van der Waals surface area contributed by atoms with Crippen molar-refractivity contribution in [3.05, 3.63) is 100 Å². The summed E-state index contributed by atoms with van der Waals surface area (Å²) in [6.45, 7) is 5.04. The summed E-state index contributed by atoms with van der Waals surface area (Å²) in [7, 11) is 0. The van der Waals surface area contributed by atoms with Crippen molar-refractivity contribution >= 4 is 46.6 Å². The van der Waals surface area contributed by atoms with Gasteiger partial charge in [0.2, 0.25) is 5.91 Å². The fourth-order valence-corrected chi connectivity index (χ4v) is 4.22. The van der Waals surface area contributed by atoms with Gasteiger partial charge in [-0.1, -0.05) is 59.6 Å². The number of amides is 1. The third kappa shape index (κ3) is 6.13. The van der Waals surface area contributed by atoms with E-state index in [1.54, 1.807) is 24.3 Å². The zero-order valence-corrected chi connectivity index (χ0v) is 19.2. The van der Waals surface area contributed by atoms with Crippen LogP contribution in [0.25, 0.3) is 6.08 Å².